The van der Waals surface area contributed by atoms with Crippen LogP contribution in [0.1, 0.15) is 64.7 Å². The van der Waals surface area contributed by atoms with Crippen LogP contribution in [0.2, 0.25) is 0 Å². The van der Waals surface area contributed by atoms with Crippen molar-refractivity contribution in [1.82, 2.24) is 0 Å². The zero-order chi connectivity index (χ0) is 12.1. The first-order chi connectivity index (χ1) is 8.31. The number of hydrogen-bond donors (Lipinski definition) is 0. The summed E-state index contributed by atoms with van der Waals surface area (Å²) in [5.41, 5.74) is 0. The minimum Gasteiger partial charge on any atom is -0.466 e. The predicted octanol–water partition coefficient (Wildman–Crippen LogP) is 3.89. The van der Waals surface area contributed by atoms with Crippen LogP contribution in [-0.2, 0) is 9.53 Å². The summed E-state index contributed by atoms with van der Waals surface area (Å²) in [4.78, 5) is 11.6. The molecule has 0 unspecified atom stereocenters. The van der Waals surface area contributed by atoms with E-state index in [1.807, 2.05) is 6.92 Å². The van der Waals surface area contributed by atoms with Crippen molar-refractivity contribution in [3.8, 4) is 0 Å². The SMILES string of the molecule is CCOC(=O)C1CC[C](C2CCCCC2)CC1. The third kappa shape index (κ3) is 3.46. The Kier molecular flexibility index (Phi) is 4.87. The molecule has 1 radical (unpaired) electrons. The quantitative estimate of drug-likeness (QED) is 0.696. The second-order valence-electron chi connectivity index (χ2n) is 5.52. The second kappa shape index (κ2) is 6.42. The van der Waals surface area contributed by atoms with Crippen molar-refractivity contribution in [2.45, 2.75) is 64.7 Å². The van der Waals surface area contributed by atoms with Gasteiger partial charge in [-0.05, 0) is 57.3 Å². The van der Waals surface area contributed by atoms with Gasteiger partial charge in [-0.25, -0.2) is 0 Å². The molecule has 0 heterocycles. The highest BCUT2D eigenvalue weighted by Gasteiger charge is 2.32. The lowest BCUT2D eigenvalue weighted by atomic mass is 9.71. The summed E-state index contributed by atoms with van der Waals surface area (Å²) in [5, 5.41) is 0. The highest BCUT2D eigenvalue weighted by Crippen LogP contribution is 2.41. The topological polar surface area (TPSA) is 26.3 Å². The smallest absolute Gasteiger partial charge is 0.308 e. The average Bonchev–Trinajstić information content (AvgIpc) is 2.40. The molecule has 2 saturated carbocycles. The maximum absolute atomic E-state index is 11.6. The van der Waals surface area contributed by atoms with E-state index in [9.17, 15) is 4.79 Å². The Bertz CT molecular complexity index is 235. The predicted molar refractivity (Wildman–Crippen MR) is 68.4 cm³/mol. The standard InChI is InChI=1S/C15H25O2/c1-2-17-15(16)14-10-8-13(9-11-14)12-6-4-3-5-7-12/h12,14H,2-11H2,1H3. The summed E-state index contributed by atoms with van der Waals surface area (Å²) in [6.07, 6.45) is 11.5. The van der Waals surface area contributed by atoms with Crippen molar-refractivity contribution >= 4 is 5.97 Å². The third-order valence-corrected chi connectivity index (χ3v) is 4.43. The van der Waals surface area contributed by atoms with E-state index in [4.69, 9.17) is 4.74 Å². The maximum Gasteiger partial charge on any atom is 0.308 e. The molecule has 2 fully saturated rings. The number of rotatable bonds is 3. The largest absolute Gasteiger partial charge is 0.466 e. The van der Waals surface area contributed by atoms with Gasteiger partial charge in [0.05, 0.1) is 12.5 Å². The van der Waals surface area contributed by atoms with E-state index in [0.717, 1.165) is 18.8 Å². The lowest BCUT2D eigenvalue weighted by Gasteiger charge is -2.34. The molecule has 0 N–H and O–H groups in total. The zero-order valence-corrected chi connectivity index (χ0v) is 11.0. The molecule has 0 aromatic rings. The first-order valence-electron chi connectivity index (χ1n) is 7.32. The monoisotopic (exact) mass is 237 g/mol. The molecule has 0 bridgehead atoms. The van der Waals surface area contributed by atoms with Gasteiger partial charge < -0.3 is 4.74 Å². The van der Waals surface area contributed by atoms with Crippen LogP contribution >= 0.6 is 0 Å². The van der Waals surface area contributed by atoms with E-state index in [1.165, 1.54) is 44.9 Å². The summed E-state index contributed by atoms with van der Waals surface area (Å²) in [6, 6.07) is 0. The van der Waals surface area contributed by atoms with Crippen molar-refractivity contribution in [3.05, 3.63) is 5.92 Å². The Morgan fingerprint density at radius 2 is 1.76 bits per heavy atom. The van der Waals surface area contributed by atoms with Gasteiger partial charge in [-0.15, -0.1) is 0 Å². The fraction of sp³-hybridized carbons (Fsp3) is 0.867. The maximum atomic E-state index is 11.6. The Hall–Kier alpha value is -0.530. The summed E-state index contributed by atoms with van der Waals surface area (Å²) in [5.74, 6) is 2.86. The van der Waals surface area contributed by atoms with Crippen LogP contribution in [-0.4, -0.2) is 12.6 Å². The highest BCUT2D eigenvalue weighted by atomic mass is 16.5. The molecule has 17 heavy (non-hydrogen) atoms. The van der Waals surface area contributed by atoms with Crippen molar-refractivity contribution < 1.29 is 9.53 Å². The van der Waals surface area contributed by atoms with E-state index < -0.39 is 0 Å². The van der Waals surface area contributed by atoms with Crippen molar-refractivity contribution in [3.63, 3.8) is 0 Å². The summed E-state index contributed by atoms with van der Waals surface area (Å²) in [6.45, 7) is 2.41. The van der Waals surface area contributed by atoms with E-state index in [2.05, 4.69) is 0 Å². The van der Waals surface area contributed by atoms with Crippen LogP contribution in [0.5, 0.6) is 0 Å². The van der Waals surface area contributed by atoms with Gasteiger partial charge in [-0.1, -0.05) is 19.3 Å². The van der Waals surface area contributed by atoms with E-state index >= 15 is 0 Å². The molecule has 2 aliphatic carbocycles. The molecule has 0 aromatic heterocycles. The molecule has 0 aromatic carbocycles. The molecule has 0 saturated heterocycles. The van der Waals surface area contributed by atoms with Crippen LogP contribution in [0.4, 0.5) is 0 Å². The van der Waals surface area contributed by atoms with Gasteiger partial charge >= 0.3 is 5.97 Å². The second-order valence-corrected chi connectivity index (χ2v) is 5.52. The zero-order valence-electron chi connectivity index (χ0n) is 11.0. The minimum absolute atomic E-state index is 0.0372. The van der Waals surface area contributed by atoms with Gasteiger partial charge in [-0.3, -0.25) is 4.79 Å². The molecule has 2 rings (SSSR count). The van der Waals surface area contributed by atoms with E-state index in [-0.39, 0.29) is 11.9 Å². The number of esters is 1. The molecule has 0 amide bonds. The number of carbonyl (C=O) groups excluding carboxylic acids is 1. The Labute approximate surface area is 105 Å². The van der Waals surface area contributed by atoms with Gasteiger partial charge in [0, 0.05) is 0 Å². The van der Waals surface area contributed by atoms with Gasteiger partial charge in [-0.2, -0.15) is 0 Å². The van der Waals surface area contributed by atoms with E-state index in [1.54, 1.807) is 5.92 Å². The van der Waals surface area contributed by atoms with Gasteiger partial charge in [0.15, 0.2) is 0 Å². The third-order valence-electron chi connectivity index (χ3n) is 4.43. The first-order valence-corrected chi connectivity index (χ1v) is 7.32. The lowest BCUT2D eigenvalue weighted by molar-refractivity contribution is -0.149. The molecule has 0 spiro atoms. The molecule has 2 aliphatic rings. The summed E-state index contributed by atoms with van der Waals surface area (Å²) in [7, 11) is 0. The Balaban J connectivity index is 1.75. The van der Waals surface area contributed by atoms with Crippen molar-refractivity contribution in [2.24, 2.45) is 11.8 Å². The lowest BCUT2D eigenvalue weighted by Crippen LogP contribution is -2.26. The highest BCUT2D eigenvalue weighted by molar-refractivity contribution is 5.72. The number of hydrogen-bond acceptors (Lipinski definition) is 2. The fourth-order valence-corrected chi connectivity index (χ4v) is 3.40. The van der Waals surface area contributed by atoms with Gasteiger partial charge in [0.25, 0.3) is 0 Å². The van der Waals surface area contributed by atoms with Crippen molar-refractivity contribution in [2.75, 3.05) is 6.61 Å². The molecule has 0 atom stereocenters. The Morgan fingerprint density at radius 1 is 1.12 bits per heavy atom. The molecule has 2 heteroatoms. The molecular formula is C15H25O2. The molecular weight excluding hydrogens is 212 g/mol. The van der Waals surface area contributed by atoms with Crippen LogP contribution in [0.15, 0.2) is 0 Å². The molecule has 0 aliphatic heterocycles. The summed E-state index contributed by atoms with van der Waals surface area (Å²) < 4.78 is 5.11. The van der Waals surface area contributed by atoms with Gasteiger partial charge in [0.2, 0.25) is 0 Å². The van der Waals surface area contributed by atoms with Crippen LogP contribution in [0.3, 0.4) is 0 Å². The Morgan fingerprint density at radius 3 is 2.35 bits per heavy atom. The van der Waals surface area contributed by atoms with Crippen LogP contribution in [0, 0.1) is 17.8 Å². The van der Waals surface area contributed by atoms with Crippen LogP contribution in [0.25, 0.3) is 0 Å². The van der Waals surface area contributed by atoms with Crippen LogP contribution < -0.4 is 0 Å². The number of ether oxygens (including phenoxy) is 1. The summed E-state index contributed by atoms with van der Waals surface area (Å²) >= 11 is 0. The van der Waals surface area contributed by atoms with Crippen molar-refractivity contribution in [1.29, 1.82) is 0 Å². The average molecular weight is 237 g/mol. The number of carbonyl (C=O) groups is 1. The fourth-order valence-electron chi connectivity index (χ4n) is 3.40. The minimum atomic E-state index is 0.0372. The van der Waals surface area contributed by atoms with Gasteiger partial charge in [0.1, 0.15) is 0 Å². The molecule has 97 valence electrons. The van der Waals surface area contributed by atoms with E-state index in [0.29, 0.717) is 6.61 Å². The molecule has 2 nitrogen and oxygen atoms in total. The normalized spacial score (nSPS) is 24.8. The first kappa shape index (κ1) is 12.9.